The van der Waals surface area contributed by atoms with Crippen molar-refractivity contribution in [2.75, 3.05) is 6.54 Å². The first-order valence-electron chi connectivity index (χ1n) is 8.94. The Balaban J connectivity index is 1.98. The maximum Gasteiger partial charge on any atom is 0.266 e. The summed E-state index contributed by atoms with van der Waals surface area (Å²) < 4.78 is 1.05. The summed E-state index contributed by atoms with van der Waals surface area (Å²) in [5.74, 6) is -0.257. The van der Waals surface area contributed by atoms with E-state index in [1.807, 2.05) is 74.5 Å². The monoisotopic (exact) mass is 425 g/mol. The van der Waals surface area contributed by atoms with Gasteiger partial charge in [0.15, 0.2) is 0 Å². The number of nitrogens with one attached hydrogen (secondary N) is 1. The van der Waals surface area contributed by atoms with E-state index in [0.717, 1.165) is 16.5 Å². The van der Waals surface area contributed by atoms with Crippen molar-refractivity contribution in [3.8, 4) is 6.07 Å². The molecule has 0 aliphatic heterocycles. The van der Waals surface area contributed by atoms with Crippen LogP contribution in [0.4, 0.5) is 0 Å². The molecule has 0 saturated heterocycles. The minimum absolute atomic E-state index is 0.00257. The predicted molar refractivity (Wildman–Crippen MR) is 112 cm³/mol. The van der Waals surface area contributed by atoms with Crippen molar-refractivity contribution < 1.29 is 4.79 Å². The van der Waals surface area contributed by atoms with Crippen LogP contribution in [0.25, 0.3) is 0 Å². The van der Waals surface area contributed by atoms with Crippen molar-refractivity contribution in [3.63, 3.8) is 0 Å². The predicted octanol–water partition coefficient (Wildman–Crippen LogP) is 4.43. The molecule has 2 aromatic carbocycles. The van der Waals surface area contributed by atoms with Gasteiger partial charge in [-0.25, -0.2) is 0 Å². The highest BCUT2D eigenvalue weighted by Crippen LogP contribution is 2.13. The second-order valence-corrected chi connectivity index (χ2v) is 7.43. The summed E-state index contributed by atoms with van der Waals surface area (Å²) in [6.45, 7) is 5.04. The van der Waals surface area contributed by atoms with Crippen LogP contribution in [0.3, 0.4) is 0 Å². The molecule has 0 spiro atoms. The number of nitrogens with zero attached hydrogens (tertiary/aromatic N) is 2. The van der Waals surface area contributed by atoms with Gasteiger partial charge in [-0.05, 0) is 43.5 Å². The van der Waals surface area contributed by atoms with E-state index in [9.17, 15) is 10.1 Å². The maximum absolute atomic E-state index is 12.8. The Labute approximate surface area is 169 Å². The van der Waals surface area contributed by atoms with Gasteiger partial charge in [0.1, 0.15) is 11.6 Å². The molecule has 1 amide bonds. The molecule has 0 aromatic heterocycles. The fraction of sp³-hybridized carbons (Fsp3) is 0.273. The second kappa shape index (κ2) is 10.5. The SMILES string of the molecule is CC(C)N(Cc1ccccc1)C(=O)/C(C#N)=C\NCCc1ccc(Br)cc1. The van der Waals surface area contributed by atoms with Gasteiger partial charge in [-0.1, -0.05) is 58.4 Å². The largest absolute Gasteiger partial charge is 0.389 e. The van der Waals surface area contributed by atoms with Crippen LogP contribution in [0.2, 0.25) is 0 Å². The second-order valence-electron chi connectivity index (χ2n) is 6.51. The van der Waals surface area contributed by atoms with Gasteiger partial charge in [-0.15, -0.1) is 0 Å². The molecule has 4 nitrogen and oxygen atoms in total. The molecule has 0 saturated carbocycles. The third kappa shape index (κ3) is 6.58. The first-order chi connectivity index (χ1) is 13.0. The van der Waals surface area contributed by atoms with Crippen LogP contribution < -0.4 is 5.32 Å². The number of rotatable bonds is 8. The Hall–Kier alpha value is -2.58. The topological polar surface area (TPSA) is 56.1 Å². The van der Waals surface area contributed by atoms with Crippen molar-refractivity contribution in [1.82, 2.24) is 10.2 Å². The summed E-state index contributed by atoms with van der Waals surface area (Å²) in [7, 11) is 0. The van der Waals surface area contributed by atoms with Gasteiger partial charge in [0.25, 0.3) is 5.91 Å². The van der Waals surface area contributed by atoms with E-state index in [2.05, 4.69) is 21.2 Å². The van der Waals surface area contributed by atoms with Crippen molar-refractivity contribution >= 4 is 21.8 Å². The van der Waals surface area contributed by atoms with E-state index in [4.69, 9.17) is 0 Å². The molecule has 0 radical (unpaired) electrons. The zero-order valence-electron chi connectivity index (χ0n) is 15.7. The number of nitriles is 1. The van der Waals surface area contributed by atoms with Crippen molar-refractivity contribution in [1.29, 1.82) is 5.26 Å². The molecule has 5 heteroatoms. The number of carbonyl (C=O) groups excluding carboxylic acids is 1. The number of hydrogen-bond donors (Lipinski definition) is 1. The fourth-order valence-corrected chi connectivity index (χ4v) is 2.87. The Morgan fingerprint density at radius 2 is 1.81 bits per heavy atom. The van der Waals surface area contributed by atoms with Crippen molar-refractivity contribution in [2.45, 2.75) is 32.9 Å². The quantitative estimate of drug-likeness (QED) is 0.386. The van der Waals surface area contributed by atoms with Gasteiger partial charge in [-0.2, -0.15) is 5.26 Å². The summed E-state index contributed by atoms with van der Waals surface area (Å²) in [5.41, 5.74) is 2.35. The van der Waals surface area contributed by atoms with Crippen LogP contribution in [-0.4, -0.2) is 23.4 Å². The van der Waals surface area contributed by atoms with Crippen LogP contribution in [-0.2, 0) is 17.8 Å². The Morgan fingerprint density at radius 1 is 1.15 bits per heavy atom. The average Bonchev–Trinajstić information content (AvgIpc) is 2.67. The molecule has 0 atom stereocenters. The molecule has 2 rings (SSSR count). The van der Waals surface area contributed by atoms with Crippen molar-refractivity contribution in [2.24, 2.45) is 0 Å². The molecule has 0 aliphatic carbocycles. The fourth-order valence-electron chi connectivity index (χ4n) is 2.61. The summed E-state index contributed by atoms with van der Waals surface area (Å²) in [4.78, 5) is 14.5. The Bertz CT molecular complexity index is 808. The highest BCUT2D eigenvalue weighted by atomic mass is 79.9. The minimum atomic E-state index is -0.257. The van der Waals surface area contributed by atoms with Gasteiger partial charge in [-0.3, -0.25) is 4.79 Å². The summed E-state index contributed by atoms with van der Waals surface area (Å²) in [5, 5.41) is 12.5. The third-order valence-electron chi connectivity index (χ3n) is 4.15. The summed E-state index contributed by atoms with van der Waals surface area (Å²) in [6, 6.07) is 19.9. The lowest BCUT2D eigenvalue weighted by molar-refractivity contribution is -0.129. The van der Waals surface area contributed by atoms with Gasteiger partial charge in [0.05, 0.1) is 0 Å². The molecule has 0 bridgehead atoms. The van der Waals surface area contributed by atoms with E-state index in [1.54, 1.807) is 4.90 Å². The molecule has 0 fully saturated rings. The zero-order chi connectivity index (χ0) is 19.6. The van der Waals surface area contributed by atoms with Gasteiger partial charge in [0, 0.05) is 29.8 Å². The van der Waals surface area contributed by atoms with Gasteiger partial charge < -0.3 is 10.2 Å². The van der Waals surface area contributed by atoms with Crippen molar-refractivity contribution in [3.05, 3.63) is 82.0 Å². The number of amides is 1. The molecule has 0 unspecified atom stereocenters. The molecule has 0 heterocycles. The number of hydrogen-bond acceptors (Lipinski definition) is 3. The van der Waals surface area contributed by atoms with Crippen LogP contribution in [0.1, 0.15) is 25.0 Å². The van der Waals surface area contributed by atoms with Crippen LogP contribution >= 0.6 is 15.9 Å². The number of carbonyl (C=O) groups is 1. The van der Waals surface area contributed by atoms with E-state index in [-0.39, 0.29) is 17.5 Å². The lowest BCUT2D eigenvalue weighted by atomic mass is 10.1. The van der Waals surface area contributed by atoms with E-state index in [0.29, 0.717) is 13.1 Å². The Morgan fingerprint density at radius 3 is 2.41 bits per heavy atom. The number of benzene rings is 2. The minimum Gasteiger partial charge on any atom is -0.389 e. The number of halogens is 1. The van der Waals surface area contributed by atoms with Gasteiger partial charge >= 0.3 is 0 Å². The highest BCUT2D eigenvalue weighted by Gasteiger charge is 2.21. The highest BCUT2D eigenvalue weighted by molar-refractivity contribution is 9.10. The van der Waals surface area contributed by atoms with E-state index >= 15 is 0 Å². The third-order valence-corrected chi connectivity index (χ3v) is 4.68. The zero-order valence-corrected chi connectivity index (χ0v) is 17.2. The maximum atomic E-state index is 12.8. The summed E-state index contributed by atoms with van der Waals surface area (Å²) in [6.07, 6.45) is 2.34. The normalized spacial score (nSPS) is 11.1. The van der Waals surface area contributed by atoms with Crippen LogP contribution in [0.15, 0.2) is 70.8 Å². The molecule has 0 aliphatic rings. The smallest absolute Gasteiger partial charge is 0.266 e. The first kappa shape index (κ1) is 20.7. The van der Waals surface area contributed by atoms with E-state index in [1.165, 1.54) is 11.8 Å². The first-order valence-corrected chi connectivity index (χ1v) is 9.73. The molecule has 1 N–H and O–H groups in total. The standard InChI is InChI=1S/C22H24BrN3O/c1-17(2)26(16-19-6-4-3-5-7-19)22(27)20(14-24)15-25-13-12-18-8-10-21(23)11-9-18/h3-11,15,17,25H,12-13,16H2,1-2H3/b20-15-. The van der Waals surface area contributed by atoms with Gasteiger partial charge in [0.2, 0.25) is 0 Å². The molecular formula is C22H24BrN3O. The van der Waals surface area contributed by atoms with Crippen LogP contribution in [0, 0.1) is 11.3 Å². The lowest BCUT2D eigenvalue weighted by Crippen LogP contribution is -2.37. The Kier molecular flexibility index (Phi) is 8.09. The molecule has 140 valence electrons. The summed E-state index contributed by atoms with van der Waals surface area (Å²) >= 11 is 3.42. The lowest BCUT2D eigenvalue weighted by Gasteiger charge is -2.26. The van der Waals surface area contributed by atoms with E-state index < -0.39 is 0 Å². The van der Waals surface area contributed by atoms with Crippen LogP contribution in [0.5, 0.6) is 0 Å². The molecule has 2 aromatic rings. The molecular weight excluding hydrogens is 402 g/mol. The molecule has 27 heavy (non-hydrogen) atoms. The average molecular weight is 426 g/mol.